The molecule has 2 aromatic rings. The van der Waals surface area contributed by atoms with E-state index in [0.717, 1.165) is 4.31 Å². The first-order chi connectivity index (χ1) is 14.3. The molecular formula is C20H22N4O5S. The Labute approximate surface area is 174 Å². The summed E-state index contributed by atoms with van der Waals surface area (Å²) in [5, 5.41) is 7.84. The van der Waals surface area contributed by atoms with Crippen molar-refractivity contribution in [2.24, 2.45) is 0 Å². The van der Waals surface area contributed by atoms with E-state index in [4.69, 9.17) is 0 Å². The minimum absolute atomic E-state index is 0.0280. The van der Waals surface area contributed by atoms with E-state index in [-0.39, 0.29) is 30.3 Å². The average Bonchev–Trinajstić information content (AvgIpc) is 2.70. The van der Waals surface area contributed by atoms with Crippen LogP contribution in [-0.2, 0) is 24.4 Å². The molecule has 1 saturated heterocycles. The van der Waals surface area contributed by atoms with Gasteiger partial charge in [0.2, 0.25) is 27.7 Å². The second-order valence-corrected chi connectivity index (χ2v) is 8.64. The summed E-state index contributed by atoms with van der Waals surface area (Å²) in [7, 11) is -4.03. The monoisotopic (exact) mass is 430 g/mol. The smallest absolute Gasteiger partial charge is 0.243 e. The summed E-state index contributed by atoms with van der Waals surface area (Å²) in [5.74, 6) is -1.27. The summed E-state index contributed by atoms with van der Waals surface area (Å²) in [5.41, 5.74) is 1.01. The van der Waals surface area contributed by atoms with Crippen molar-refractivity contribution in [3.63, 3.8) is 0 Å². The number of piperazine rings is 1. The third kappa shape index (κ3) is 5.02. The van der Waals surface area contributed by atoms with Crippen LogP contribution in [0.2, 0.25) is 0 Å². The van der Waals surface area contributed by atoms with Crippen LogP contribution < -0.4 is 16.0 Å². The van der Waals surface area contributed by atoms with Crippen LogP contribution in [0, 0.1) is 0 Å². The van der Waals surface area contributed by atoms with Crippen LogP contribution in [0.4, 0.5) is 11.4 Å². The second kappa shape index (κ2) is 9.06. The van der Waals surface area contributed by atoms with Crippen molar-refractivity contribution in [1.82, 2.24) is 9.62 Å². The zero-order valence-corrected chi connectivity index (χ0v) is 17.1. The number of para-hydroxylation sites is 1. The van der Waals surface area contributed by atoms with Crippen LogP contribution in [0.25, 0.3) is 0 Å². The zero-order valence-electron chi connectivity index (χ0n) is 16.3. The van der Waals surface area contributed by atoms with Gasteiger partial charge in [-0.2, -0.15) is 4.31 Å². The number of hydrogen-bond acceptors (Lipinski definition) is 5. The van der Waals surface area contributed by atoms with E-state index < -0.39 is 27.9 Å². The summed E-state index contributed by atoms with van der Waals surface area (Å²) in [4.78, 5) is 35.9. The quantitative estimate of drug-likeness (QED) is 0.634. The molecule has 0 unspecified atom stereocenters. The molecule has 1 aliphatic rings. The van der Waals surface area contributed by atoms with Crippen molar-refractivity contribution in [3.05, 3.63) is 54.6 Å². The van der Waals surface area contributed by atoms with Gasteiger partial charge in [-0.05, 0) is 36.4 Å². The van der Waals surface area contributed by atoms with E-state index in [0.29, 0.717) is 11.4 Å². The Hall–Kier alpha value is -3.24. The first kappa shape index (κ1) is 21.5. The van der Waals surface area contributed by atoms with E-state index in [9.17, 15) is 22.8 Å². The molecule has 30 heavy (non-hydrogen) atoms. The van der Waals surface area contributed by atoms with Crippen LogP contribution in [0.1, 0.15) is 13.3 Å². The lowest BCUT2D eigenvalue weighted by atomic mass is 10.1. The maximum absolute atomic E-state index is 13.1. The fourth-order valence-electron chi connectivity index (χ4n) is 3.13. The lowest BCUT2D eigenvalue weighted by Gasteiger charge is -2.33. The average molecular weight is 430 g/mol. The third-order valence-electron chi connectivity index (χ3n) is 4.50. The number of anilines is 2. The Bertz CT molecular complexity index is 1040. The number of nitrogens with zero attached hydrogens (tertiary/aromatic N) is 1. The number of amides is 3. The molecule has 1 aliphatic heterocycles. The number of nitrogens with one attached hydrogen (secondary N) is 3. The van der Waals surface area contributed by atoms with Crippen LogP contribution in [-0.4, -0.2) is 49.6 Å². The largest absolute Gasteiger partial charge is 0.353 e. The minimum atomic E-state index is -4.03. The van der Waals surface area contributed by atoms with E-state index >= 15 is 0 Å². The maximum atomic E-state index is 13.1. The van der Waals surface area contributed by atoms with Crippen molar-refractivity contribution in [1.29, 1.82) is 0 Å². The summed E-state index contributed by atoms with van der Waals surface area (Å²) in [6, 6.07) is 13.2. The van der Waals surface area contributed by atoms with E-state index in [1.807, 2.05) is 0 Å². The van der Waals surface area contributed by atoms with Crippen molar-refractivity contribution >= 4 is 39.1 Å². The molecular weight excluding hydrogens is 408 g/mol. The molecule has 10 heteroatoms. The van der Waals surface area contributed by atoms with Crippen molar-refractivity contribution in [3.8, 4) is 0 Å². The van der Waals surface area contributed by atoms with Crippen LogP contribution in [0.3, 0.4) is 0 Å². The number of benzene rings is 2. The summed E-state index contributed by atoms with van der Waals surface area (Å²) < 4.78 is 27.3. The second-order valence-electron chi connectivity index (χ2n) is 6.75. The number of sulfonamides is 1. The fourth-order valence-corrected chi connectivity index (χ4v) is 4.72. The maximum Gasteiger partial charge on any atom is 0.243 e. The lowest BCUT2D eigenvalue weighted by Crippen LogP contribution is -2.57. The Morgan fingerprint density at radius 2 is 1.67 bits per heavy atom. The van der Waals surface area contributed by atoms with Gasteiger partial charge in [0.1, 0.15) is 6.04 Å². The molecule has 0 bridgehead atoms. The fraction of sp³-hybridized carbons (Fsp3) is 0.250. The standard InChI is InChI=1S/C20H22N4O5S/c1-14(25)22-16-7-9-17(10-8-16)30(28,29)24-12-11-21-20(27)18(24)13-19(26)23-15-5-3-2-4-6-15/h2-10,18H,11-13H2,1H3,(H,21,27)(H,22,25)(H,23,26)/t18-/m1/s1. The van der Waals surface area contributed by atoms with E-state index in [1.54, 1.807) is 30.3 Å². The van der Waals surface area contributed by atoms with Crippen molar-refractivity contribution in [2.45, 2.75) is 24.3 Å². The molecule has 0 saturated carbocycles. The first-order valence-corrected chi connectivity index (χ1v) is 10.7. The molecule has 0 spiro atoms. The van der Waals surface area contributed by atoms with E-state index in [2.05, 4.69) is 16.0 Å². The molecule has 3 rings (SSSR count). The Kier molecular flexibility index (Phi) is 6.48. The van der Waals surface area contributed by atoms with Crippen molar-refractivity contribution < 1.29 is 22.8 Å². The normalized spacial score (nSPS) is 17.1. The lowest BCUT2D eigenvalue weighted by molar-refractivity contribution is -0.130. The highest BCUT2D eigenvalue weighted by Gasteiger charge is 2.39. The van der Waals surface area contributed by atoms with Gasteiger partial charge < -0.3 is 16.0 Å². The van der Waals surface area contributed by atoms with E-state index in [1.165, 1.54) is 31.2 Å². The SMILES string of the molecule is CC(=O)Nc1ccc(S(=O)(=O)N2CCNC(=O)[C@H]2CC(=O)Nc2ccccc2)cc1. The summed E-state index contributed by atoms with van der Waals surface area (Å²) in [6.45, 7) is 1.55. The molecule has 1 atom stereocenters. The highest BCUT2D eigenvalue weighted by molar-refractivity contribution is 7.89. The van der Waals surface area contributed by atoms with Crippen molar-refractivity contribution in [2.75, 3.05) is 23.7 Å². The highest BCUT2D eigenvalue weighted by atomic mass is 32.2. The molecule has 1 fully saturated rings. The first-order valence-electron chi connectivity index (χ1n) is 9.29. The Balaban J connectivity index is 1.79. The predicted octanol–water partition coefficient (Wildman–Crippen LogP) is 1.16. The van der Waals surface area contributed by atoms with Gasteiger partial charge >= 0.3 is 0 Å². The van der Waals surface area contributed by atoms with Gasteiger partial charge in [0.25, 0.3) is 0 Å². The zero-order chi connectivity index (χ0) is 21.7. The highest BCUT2D eigenvalue weighted by Crippen LogP contribution is 2.23. The number of carbonyl (C=O) groups excluding carboxylic acids is 3. The van der Waals surface area contributed by atoms with Gasteiger partial charge in [0.15, 0.2) is 0 Å². The van der Waals surface area contributed by atoms with Gasteiger partial charge in [0.05, 0.1) is 11.3 Å². The third-order valence-corrected chi connectivity index (χ3v) is 6.42. The Morgan fingerprint density at radius 1 is 1.03 bits per heavy atom. The summed E-state index contributed by atoms with van der Waals surface area (Å²) >= 11 is 0. The molecule has 3 N–H and O–H groups in total. The van der Waals surface area contributed by atoms with Crippen LogP contribution in [0.15, 0.2) is 59.5 Å². The van der Waals surface area contributed by atoms with Gasteiger partial charge in [-0.15, -0.1) is 0 Å². The van der Waals surface area contributed by atoms with Gasteiger partial charge in [0, 0.05) is 31.4 Å². The predicted molar refractivity (Wildman–Crippen MR) is 111 cm³/mol. The summed E-state index contributed by atoms with van der Waals surface area (Å²) in [6.07, 6.45) is -0.316. The van der Waals surface area contributed by atoms with Crippen LogP contribution in [0.5, 0.6) is 0 Å². The van der Waals surface area contributed by atoms with Gasteiger partial charge in [-0.1, -0.05) is 18.2 Å². The molecule has 0 aromatic heterocycles. The number of rotatable bonds is 6. The van der Waals surface area contributed by atoms with Gasteiger partial charge in [-0.3, -0.25) is 14.4 Å². The molecule has 9 nitrogen and oxygen atoms in total. The van der Waals surface area contributed by atoms with Gasteiger partial charge in [-0.25, -0.2) is 8.42 Å². The molecule has 2 aromatic carbocycles. The van der Waals surface area contributed by atoms with Crippen LogP contribution >= 0.6 is 0 Å². The molecule has 3 amide bonds. The molecule has 0 radical (unpaired) electrons. The number of carbonyl (C=O) groups is 3. The Morgan fingerprint density at radius 3 is 2.30 bits per heavy atom. The molecule has 1 heterocycles. The molecule has 0 aliphatic carbocycles. The number of hydrogen-bond donors (Lipinski definition) is 3. The topological polar surface area (TPSA) is 125 Å². The minimum Gasteiger partial charge on any atom is -0.353 e. The molecule has 158 valence electrons.